The number of rotatable bonds is 2. The predicted octanol–water partition coefficient (Wildman–Crippen LogP) is 1.20. The normalized spacial score (nSPS) is 14.3. The number of nitrogens with zero attached hydrogens (tertiary/aromatic N) is 2. The Kier molecular flexibility index (Phi) is 5.67. The standard InChI is InChI=1S/C15H17F2N3O4/c1-2-24-15(23)20-7-5-19(6-8-20)14(22)13(21)18-10-3-4-11(16)12(17)9-10/h3-4,9H,2,5-8H2,1H3,(H,18,21). The SMILES string of the molecule is CCOC(=O)N1CCN(C(=O)C(=O)Nc2ccc(F)c(F)c2)CC1. The van der Waals surface area contributed by atoms with Crippen LogP contribution < -0.4 is 5.32 Å². The number of hydrogen-bond donors (Lipinski definition) is 1. The summed E-state index contributed by atoms with van der Waals surface area (Å²) in [5.41, 5.74) is -0.0163. The van der Waals surface area contributed by atoms with Gasteiger partial charge in [0.25, 0.3) is 0 Å². The third-order valence-corrected chi connectivity index (χ3v) is 3.46. The van der Waals surface area contributed by atoms with Crippen molar-refractivity contribution in [2.45, 2.75) is 6.92 Å². The number of carbonyl (C=O) groups is 3. The molecular formula is C15H17F2N3O4. The summed E-state index contributed by atoms with van der Waals surface area (Å²) < 4.78 is 30.8. The quantitative estimate of drug-likeness (QED) is 0.820. The molecule has 0 aliphatic carbocycles. The highest BCUT2D eigenvalue weighted by Crippen LogP contribution is 2.13. The molecule has 1 aromatic rings. The second-order valence-electron chi connectivity index (χ2n) is 5.06. The largest absolute Gasteiger partial charge is 0.450 e. The van der Waals surface area contributed by atoms with Crippen LogP contribution in [0.1, 0.15) is 6.92 Å². The fraction of sp³-hybridized carbons (Fsp3) is 0.400. The average Bonchev–Trinajstić information content (AvgIpc) is 2.58. The number of ether oxygens (including phenoxy) is 1. The molecule has 0 atom stereocenters. The van der Waals surface area contributed by atoms with Crippen LogP contribution in [0.2, 0.25) is 0 Å². The zero-order valence-corrected chi connectivity index (χ0v) is 13.1. The first kappa shape index (κ1) is 17.6. The van der Waals surface area contributed by atoms with Crippen molar-refractivity contribution >= 4 is 23.6 Å². The maximum atomic E-state index is 13.1. The zero-order chi connectivity index (χ0) is 17.7. The van der Waals surface area contributed by atoms with Gasteiger partial charge >= 0.3 is 17.9 Å². The Morgan fingerprint density at radius 3 is 2.29 bits per heavy atom. The number of hydrogen-bond acceptors (Lipinski definition) is 4. The molecule has 24 heavy (non-hydrogen) atoms. The summed E-state index contributed by atoms with van der Waals surface area (Å²) in [6.45, 7) is 2.83. The average molecular weight is 341 g/mol. The minimum absolute atomic E-state index is 0.0163. The molecule has 1 saturated heterocycles. The summed E-state index contributed by atoms with van der Waals surface area (Å²) in [7, 11) is 0. The number of halogens is 2. The highest BCUT2D eigenvalue weighted by atomic mass is 19.2. The van der Waals surface area contributed by atoms with Gasteiger partial charge in [0.2, 0.25) is 0 Å². The maximum absolute atomic E-state index is 13.1. The Bertz CT molecular complexity index is 646. The highest BCUT2D eigenvalue weighted by Gasteiger charge is 2.28. The third-order valence-electron chi connectivity index (χ3n) is 3.46. The van der Waals surface area contributed by atoms with E-state index >= 15 is 0 Å². The van der Waals surface area contributed by atoms with Crippen LogP contribution in [0.3, 0.4) is 0 Å². The van der Waals surface area contributed by atoms with Crippen LogP contribution in [-0.4, -0.2) is 60.5 Å². The van der Waals surface area contributed by atoms with Crippen LogP contribution in [0.5, 0.6) is 0 Å². The summed E-state index contributed by atoms with van der Waals surface area (Å²) in [4.78, 5) is 38.3. The molecule has 0 spiro atoms. The third kappa shape index (κ3) is 4.18. The lowest BCUT2D eigenvalue weighted by Crippen LogP contribution is -2.53. The summed E-state index contributed by atoms with van der Waals surface area (Å²) in [6, 6.07) is 2.80. The van der Waals surface area contributed by atoms with E-state index in [1.165, 1.54) is 9.80 Å². The molecule has 1 N–H and O–H groups in total. The van der Waals surface area contributed by atoms with Gasteiger partial charge in [0.1, 0.15) is 0 Å². The number of carbonyl (C=O) groups excluding carboxylic acids is 3. The molecule has 0 saturated carbocycles. The van der Waals surface area contributed by atoms with Crippen LogP contribution in [0, 0.1) is 11.6 Å². The molecule has 3 amide bonds. The van der Waals surface area contributed by atoms with Gasteiger partial charge in [-0.2, -0.15) is 0 Å². The van der Waals surface area contributed by atoms with Gasteiger partial charge < -0.3 is 19.9 Å². The Morgan fingerprint density at radius 1 is 1.08 bits per heavy atom. The van der Waals surface area contributed by atoms with Crippen molar-refractivity contribution in [2.24, 2.45) is 0 Å². The molecule has 9 heteroatoms. The van der Waals surface area contributed by atoms with Crippen molar-refractivity contribution in [3.05, 3.63) is 29.8 Å². The molecule has 1 heterocycles. The van der Waals surface area contributed by atoms with Gasteiger partial charge in [0, 0.05) is 37.9 Å². The molecule has 1 fully saturated rings. The van der Waals surface area contributed by atoms with Crippen LogP contribution in [0.25, 0.3) is 0 Å². The molecule has 130 valence electrons. The van der Waals surface area contributed by atoms with E-state index in [2.05, 4.69) is 5.32 Å². The number of piperazine rings is 1. The minimum Gasteiger partial charge on any atom is -0.450 e. The lowest BCUT2D eigenvalue weighted by molar-refractivity contribution is -0.144. The maximum Gasteiger partial charge on any atom is 0.409 e. The molecule has 0 aromatic heterocycles. The van der Waals surface area contributed by atoms with E-state index in [1.807, 2.05) is 0 Å². The Balaban J connectivity index is 1.89. The Labute approximate surface area is 137 Å². The minimum atomic E-state index is -1.12. The first-order chi connectivity index (χ1) is 11.4. The fourth-order valence-corrected chi connectivity index (χ4v) is 2.21. The molecule has 0 unspecified atom stereocenters. The Hall–Kier alpha value is -2.71. The van der Waals surface area contributed by atoms with E-state index in [0.717, 1.165) is 18.2 Å². The number of anilines is 1. The van der Waals surface area contributed by atoms with Crippen molar-refractivity contribution in [1.29, 1.82) is 0 Å². The summed E-state index contributed by atoms with van der Waals surface area (Å²) >= 11 is 0. The van der Waals surface area contributed by atoms with Gasteiger partial charge in [-0.1, -0.05) is 0 Å². The monoisotopic (exact) mass is 341 g/mol. The Morgan fingerprint density at radius 2 is 1.71 bits per heavy atom. The first-order valence-electron chi connectivity index (χ1n) is 7.39. The lowest BCUT2D eigenvalue weighted by Gasteiger charge is -2.33. The smallest absolute Gasteiger partial charge is 0.409 e. The van der Waals surface area contributed by atoms with Crippen LogP contribution >= 0.6 is 0 Å². The summed E-state index contributed by atoms with van der Waals surface area (Å²) in [5, 5.41) is 2.22. The van der Waals surface area contributed by atoms with Gasteiger partial charge in [-0.3, -0.25) is 9.59 Å². The van der Waals surface area contributed by atoms with E-state index in [1.54, 1.807) is 6.92 Å². The molecular weight excluding hydrogens is 324 g/mol. The molecule has 0 radical (unpaired) electrons. The number of benzene rings is 1. The van der Waals surface area contributed by atoms with E-state index in [0.29, 0.717) is 0 Å². The van der Waals surface area contributed by atoms with Crippen LogP contribution in [-0.2, 0) is 14.3 Å². The topological polar surface area (TPSA) is 79.0 Å². The fourth-order valence-electron chi connectivity index (χ4n) is 2.21. The van der Waals surface area contributed by atoms with Crippen LogP contribution in [0.4, 0.5) is 19.3 Å². The predicted molar refractivity (Wildman–Crippen MR) is 80.2 cm³/mol. The number of nitrogens with one attached hydrogen (secondary N) is 1. The van der Waals surface area contributed by atoms with E-state index in [-0.39, 0.29) is 38.5 Å². The van der Waals surface area contributed by atoms with Crippen LogP contribution in [0.15, 0.2) is 18.2 Å². The molecule has 2 rings (SSSR count). The first-order valence-corrected chi connectivity index (χ1v) is 7.39. The van der Waals surface area contributed by atoms with Crippen molar-refractivity contribution in [3.63, 3.8) is 0 Å². The molecule has 1 aliphatic rings. The second kappa shape index (κ2) is 7.71. The van der Waals surface area contributed by atoms with E-state index in [4.69, 9.17) is 4.74 Å². The number of amides is 3. The molecule has 1 aromatic carbocycles. The van der Waals surface area contributed by atoms with Crippen molar-refractivity contribution < 1.29 is 27.9 Å². The van der Waals surface area contributed by atoms with Gasteiger partial charge in [0.15, 0.2) is 11.6 Å². The molecule has 0 bridgehead atoms. The van der Waals surface area contributed by atoms with Crippen molar-refractivity contribution in [2.75, 3.05) is 38.1 Å². The van der Waals surface area contributed by atoms with Gasteiger partial charge in [0.05, 0.1) is 6.61 Å². The summed E-state index contributed by atoms with van der Waals surface area (Å²) in [5.74, 6) is -3.92. The molecule has 1 aliphatic heterocycles. The van der Waals surface area contributed by atoms with E-state index < -0.39 is 29.5 Å². The zero-order valence-electron chi connectivity index (χ0n) is 13.1. The summed E-state index contributed by atoms with van der Waals surface area (Å²) in [6.07, 6.45) is -0.462. The lowest BCUT2D eigenvalue weighted by atomic mass is 10.3. The van der Waals surface area contributed by atoms with Gasteiger partial charge in [-0.05, 0) is 19.1 Å². The van der Waals surface area contributed by atoms with Crippen molar-refractivity contribution in [3.8, 4) is 0 Å². The second-order valence-corrected chi connectivity index (χ2v) is 5.06. The highest BCUT2D eigenvalue weighted by molar-refractivity contribution is 6.39. The van der Waals surface area contributed by atoms with E-state index in [9.17, 15) is 23.2 Å². The van der Waals surface area contributed by atoms with Gasteiger partial charge in [-0.25, -0.2) is 13.6 Å². The van der Waals surface area contributed by atoms with Crippen molar-refractivity contribution in [1.82, 2.24) is 9.80 Å². The molecule has 7 nitrogen and oxygen atoms in total. The van der Waals surface area contributed by atoms with Gasteiger partial charge in [-0.15, -0.1) is 0 Å².